The van der Waals surface area contributed by atoms with Gasteiger partial charge in [0.2, 0.25) is 0 Å². The Balaban J connectivity index is 1.55. The van der Waals surface area contributed by atoms with Crippen molar-refractivity contribution in [2.75, 3.05) is 19.8 Å². The van der Waals surface area contributed by atoms with Gasteiger partial charge in [-0.05, 0) is 94.3 Å². The first-order chi connectivity index (χ1) is 20.7. The van der Waals surface area contributed by atoms with Crippen molar-refractivity contribution in [2.45, 2.75) is 79.1 Å². The Morgan fingerprint density at radius 1 is 0.864 bits per heavy atom. The zero-order valence-electron chi connectivity index (χ0n) is 27.3. The summed E-state index contributed by atoms with van der Waals surface area (Å²) >= 11 is 0. The molecule has 44 heavy (non-hydrogen) atoms. The Bertz CT molecular complexity index is 1460. The molecule has 234 valence electrons. The molecule has 0 bridgehead atoms. The van der Waals surface area contributed by atoms with E-state index in [2.05, 4.69) is 30.8 Å². The summed E-state index contributed by atoms with van der Waals surface area (Å²) in [5.74, 6) is 0.600. The Hall–Kier alpha value is -4.26. The SMILES string of the molecule is C=C(CN(Cc1cc(C)c(OC(C)(C)C(=O)OCC)c(C)c1)C(=O)OCC1c2ccccc2-c2ccccc21)OC(C)(C)C. The maximum Gasteiger partial charge on any atom is 0.410 e. The van der Waals surface area contributed by atoms with Crippen LogP contribution in [0.4, 0.5) is 4.79 Å². The predicted molar refractivity (Wildman–Crippen MR) is 173 cm³/mol. The van der Waals surface area contributed by atoms with Gasteiger partial charge in [-0.25, -0.2) is 9.59 Å². The van der Waals surface area contributed by atoms with E-state index in [-0.39, 0.29) is 32.2 Å². The lowest BCUT2D eigenvalue weighted by Gasteiger charge is -2.29. The second-order valence-corrected chi connectivity index (χ2v) is 12.8. The molecule has 3 aromatic carbocycles. The Kier molecular flexibility index (Phi) is 9.77. The van der Waals surface area contributed by atoms with Crippen molar-refractivity contribution in [3.63, 3.8) is 0 Å². The summed E-state index contributed by atoms with van der Waals surface area (Å²) in [6, 6.07) is 20.4. The van der Waals surface area contributed by atoms with Crippen LogP contribution in [0.25, 0.3) is 11.1 Å². The summed E-state index contributed by atoms with van der Waals surface area (Å²) in [5.41, 5.74) is 5.62. The van der Waals surface area contributed by atoms with E-state index in [1.165, 1.54) is 11.1 Å². The molecule has 0 fully saturated rings. The van der Waals surface area contributed by atoms with Gasteiger partial charge in [-0.2, -0.15) is 0 Å². The minimum absolute atomic E-state index is 0.0501. The number of esters is 1. The zero-order chi connectivity index (χ0) is 32.2. The molecule has 1 aliphatic rings. The molecule has 1 amide bonds. The molecule has 0 unspecified atom stereocenters. The smallest absolute Gasteiger partial charge is 0.410 e. The fourth-order valence-electron chi connectivity index (χ4n) is 5.66. The number of carbonyl (C=O) groups excluding carboxylic acids is 2. The summed E-state index contributed by atoms with van der Waals surface area (Å²) in [4.78, 5) is 27.8. The third-order valence-corrected chi connectivity index (χ3v) is 7.43. The lowest BCUT2D eigenvalue weighted by molar-refractivity contribution is -0.158. The average molecular weight is 600 g/mol. The molecule has 4 rings (SSSR count). The number of hydrogen-bond donors (Lipinski definition) is 0. The fraction of sp³-hybridized carbons (Fsp3) is 0.405. The number of nitrogens with zero attached hydrogens (tertiary/aromatic N) is 1. The lowest BCUT2D eigenvalue weighted by atomic mass is 9.98. The highest BCUT2D eigenvalue weighted by molar-refractivity contribution is 5.80. The van der Waals surface area contributed by atoms with Crippen LogP contribution >= 0.6 is 0 Å². The van der Waals surface area contributed by atoms with Crippen LogP contribution in [0.2, 0.25) is 0 Å². The third-order valence-electron chi connectivity index (χ3n) is 7.43. The molecule has 0 atom stereocenters. The van der Waals surface area contributed by atoms with Gasteiger partial charge in [-0.1, -0.05) is 67.2 Å². The van der Waals surface area contributed by atoms with Crippen LogP contribution in [0.15, 0.2) is 73.0 Å². The van der Waals surface area contributed by atoms with Crippen LogP contribution in [0, 0.1) is 13.8 Å². The Labute approximate surface area is 261 Å². The number of hydrogen-bond acceptors (Lipinski definition) is 6. The zero-order valence-corrected chi connectivity index (χ0v) is 27.3. The number of fused-ring (bicyclic) bond motifs is 3. The maximum absolute atomic E-state index is 13.7. The molecule has 3 aromatic rings. The number of ether oxygens (including phenoxy) is 4. The molecule has 7 nitrogen and oxygen atoms in total. The largest absolute Gasteiger partial charge is 0.491 e. The predicted octanol–water partition coefficient (Wildman–Crippen LogP) is 8.10. The van der Waals surface area contributed by atoms with Crippen LogP contribution in [-0.2, 0) is 25.5 Å². The molecule has 7 heteroatoms. The van der Waals surface area contributed by atoms with Crippen LogP contribution in [0.3, 0.4) is 0 Å². The van der Waals surface area contributed by atoms with E-state index in [0.717, 1.165) is 27.8 Å². The molecular weight excluding hydrogens is 554 g/mol. The molecule has 0 spiro atoms. The number of rotatable bonds is 11. The van der Waals surface area contributed by atoms with Crippen LogP contribution in [0.1, 0.15) is 75.3 Å². The summed E-state index contributed by atoms with van der Waals surface area (Å²) in [6.07, 6.45) is -0.454. The highest BCUT2D eigenvalue weighted by atomic mass is 16.6. The van der Waals surface area contributed by atoms with Gasteiger partial charge in [0.15, 0.2) is 5.60 Å². The highest BCUT2D eigenvalue weighted by Crippen LogP contribution is 2.44. The van der Waals surface area contributed by atoms with E-state index in [0.29, 0.717) is 11.5 Å². The molecule has 0 radical (unpaired) electrons. The molecule has 0 saturated carbocycles. The molecule has 0 N–H and O–H groups in total. The van der Waals surface area contributed by atoms with E-state index >= 15 is 0 Å². The quantitative estimate of drug-likeness (QED) is 0.164. The van der Waals surface area contributed by atoms with Gasteiger partial charge in [0.25, 0.3) is 0 Å². The second kappa shape index (κ2) is 13.2. The molecule has 0 saturated heterocycles. The average Bonchev–Trinajstić information content (AvgIpc) is 3.26. The minimum Gasteiger partial charge on any atom is -0.491 e. The first kappa shape index (κ1) is 32.6. The van der Waals surface area contributed by atoms with Gasteiger partial charge in [0, 0.05) is 12.5 Å². The number of benzene rings is 3. The highest BCUT2D eigenvalue weighted by Gasteiger charge is 2.33. The Morgan fingerprint density at radius 2 is 1.41 bits per heavy atom. The van der Waals surface area contributed by atoms with E-state index in [9.17, 15) is 9.59 Å². The van der Waals surface area contributed by atoms with E-state index < -0.39 is 23.3 Å². The van der Waals surface area contributed by atoms with Crippen molar-refractivity contribution in [1.82, 2.24) is 4.90 Å². The summed E-state index contributed by atoms with van der Waals surface area (Å²) in [7, 11) is 0. The fourth-order valence-corrected chi connectivity index (χ4v) is 5.66. The van der Waals surface area contributed by atoms with E-state index in [1.807, 2.05) is 71.0 Å². The summed E-state index contributed by atoms with van der Waals surface area (Å²) in [6.45, 7) is 19.8. The van der Waals surface area contributed by atoms with Gasteiger partial charge in [0.1, 0.15) is 23.7 Å². The van der Waals surface area contributed by atoms with Gasteiger partial charge in [-0.3, -0.25) is 4.90 Å². The van der Waals surface area contributed by atoms with Crippen molar-refractivity contribution in [3.8, 4) is 16.9 Å². The summed E-state index contributed by atoms with van der Waals surface area (Å²) in [5, 5.41) is 0. The van der Waals surface area contributed by atoms with Gasteiger partial charge < -0.3 is 18.9 Å². The number of carbonyl (C=O) groups is 2. The Morgan fingerprint density at radius 3 is 1.93 bits per heavy atom. The minimum atomic E-state index is -1.15. The second-order valence-electron chi connectivity index (χ2n) is 12.8. The first-order valence-corrected chi connectivity index (χ1v) is 15.1. The first-order valence-electron chi connectivity index (χ1n) is 15.1. The standard InChI is InChI=1S/C37H45NO6/c1-10-41-34(39)37(8,9)44-33-24(2)19-27(20-25(33)3)22-38(21-26(4)43-36(5,6)7)35(40)42-23-32-30-17-13-11-15-28(30)29-16-12-14-18-31(29)32/h11-20,32H,4,10,21-23H2,1-3,5-9H3. The topological polar surface area (TPSA) is 74.3 Å². The maximum atomic E-state index is 13.7. The van der Waals surface area contributed by atoms with Crippen molar-refractivity contribution < 1.29 is 28.5 Å². The van der Waals surface area contributed by atoms with E-state index in [4.69, 9.17) is 18.9 Å². The van der Waals surface area contributed by atoms with Crippen LogP contribution in [0.5, 0.6) is 5.75 Å². The van der Waals surface area contributed by atoms with Crippen molar-refractivity contribution in [3.05, 3.63) is 101 Å². The van der Waals surface area contributed by atoms with E-state index in [1.54, 1.807) is 25.7 Å². The van der Waals surface area contributed by atoms with Crippen molar-refractivity contribution >= 4 is 12.1 Å². The molecule has 0 heterocycles. The third kappa shape index (κ3) is 7.62. The van der Waals surface area contributed by atoms with Gasteiger partial charge in [-0.15, -0.1) is 0 Å². The monoisotopic (exact) mass is 599 g/mol. The molecule has 0 aliphatic heterocycles. The number of aryl methyl sites for hydroxylation is 2. The normalized spacial score (nSPS) is 12.6. The molecule has 0 aromatic heterocycles. The van der Waals surface area contributed by atoms with Gasteiger partial charge >= 0.3 is 12.1 Å². The number of amides is 1. The van der Waals surface area contributed by atoms with Crippen molar-refractivity contribution in [2.24, 2.45) is 0 Å². The molecular formula is C37H45NO6. The molecule has 1 aliphatic carbocycles. The summed E-state index contributed by atoms with van der Waals surface area (Å²) < 4.78 is 23.3. The van der Waals surface area contributed by atoms with Crippen molar-refractivity contribution in [1.29, 1.82) is 0 Å². The van der Waals surface area contributed by atoms with Crippen LogP contribution in [-0.4, -0.2) is 47.9 Å². The lowest BCUT2D eigenvalue weighted by Crippen LogP contribution is -2.40. The van der Waals surface area contributed by atoms with Gasteiger partial charge in [0.05, 0.1) is 13.2 Å². The van der Waals surface area contributed by atoms with Crippen LogP contribution < -0.4 is 4.74 Å².